The molecule has 3 nitrogen and oxygen atoms in total. The van der Waals surface area contributed by atoms with Gasteiger partial charge in [0.15, 0.2) is 0 Å². The number of hydrogen-bond donors (Lipinski definition) is 2. The summed E-state index contributed by atoms with van der Waals surface area (Å²) in [6.45, 7) is 2.10. The fraction of sp³-hybridized carbons (Fsp3) is 0.364. The molecule has 1 amide bonds. The molecule has 0 aromatic heterocycles. The third-order valence-electron chi connectivity index (χ3n) is 2.02. The Balaban J connectivity index is 0.00000225. The normalized spacial score (nSPS) is 11.4. The number of carbonyl (C=O) groups is 1. The minimum atomic E-state index is -0.502. The molecule has 16 heavy (non-hydrogen) atoms. The summed E-state index contributed by atoms with van der Waals surface area (Å²) in [5.41, 5.74) is 6.23. The number of carbonyl (C=O) groups excluding carboxylic acids is 1. The van der Waals surface area contributed by atoms with E-state index in [2.05, 4.69) is 5.32 Å². The maximum atomic E-state index is 12.8. The average molecular weight is 247 g/mol. The van der Waals surface area contributed by atoms with E-state index in [0.29, 0.717) is 13.0 Å². The molecule has 0 saturated carbocycles. The monoisotopic (exact) mass is 246 g/mol. The van der Waals surface area contributed by atoms with Crippen molar-refractivity contribution >= 4 is 18.3 Å². The SMILES string of the molecule is C[C@H](N)C(=O)NCCc1cccc(F)c1.Cl. The van der Waals surface area contributed by atoms with Gasteiger partial charge in [0.2, 0.25) is 5.91 Å². The van der Waals surface area contributed by atoms with E-state index in [1.54, 1.807) is 13.0 Å². The molecule has 0 radical (unpaired) electrons. The van der Waals surface area contributed by atoms with Crippen LogP contribution in [0.1, 0.15) is 12.5 Å². The van der Waals surface area contributed by atoms with Gasteiger partial charge >= 0.3 is 0 Å². The van der Waals surface area contributed by atoms with Gasteiger partial charge in [-0.25, -0.2) is 4.39 Å². The predicted octanol–water partition coefficient (Wildman–Crippen LogP) is 1.25. The second kappa shape index (κ2) is 7.19. The largest absolute Gasteiger partial charge is 0.354 e. The first-order valence-corrected chi connectivity index (χ1v) is 4.87. The Kier molecular flexibility index (Phi) is 6.69. The molecule has 1 aromatic carbocycles. The summed E-state index contributed by atoms with van der Waals surface area (Å²) in [5, 5.41) is 2.66. The van der Waals surface area contributed by atoms with Crippen molar-refractivity contribution in [1.82, 2.24) is 5.32 Å². The van der Waals surface area contributed by atoms with Gasteiger partial charge in [0.1, 0.15) is 5.82 Å². The van der Waals surface area contributed by atoms with Crippen LogP contribution in [-0.4, -0.2) is 18.5 Å². The van der Waals surface area contributed by atoms with Crippen molar-refractivity contribution in [3.63, 3.8) is 0 Å². The van der Waals surface area contributed by atoms with Crippen molar-refractivity contribution in [3.8, 4) is 0 Å². The highest BCUT2D eigenvalue weighted by atomic mass is 35.5. The zero-order chi connectivity index (χ0) is 11.3. The smallest absolute Gasteiger partial charge is 0.236 e. The van der Waals surface area contributed by atoms with Crippen molar-refractivity contribution in [2.24, 2.45) is 5.73 Å². The van der Waals surface area contributed by atoms with Crippen molar-refractivity contribution < 1.29 is 9.18 Å². The summed E-state index contributed by atoms with van der Waals surface area (Å²) in [7, 11) is 0. The molecule has 5 heteroatoms. The zero-order valence-electron chi connectivity index (χ0n) is 9.07. The Hall–Kier alpha value is -1.13. The summed E-state index contributed by atoms with van der Waals surface area (Å²) < 4.78 is 12.8. The molecular weight excluding hydrogens is 231 g/mol. The van der Waals surface area contributed by atoms with Crippen molar-refractivity contribution in [1.29, 1.82) is 0 Å². The first-order valence-electron chi connectivity index (χ1n) is 4.87. The van der Waals surface area contributed by atoms with Gasteiger partial charge in [0.05, 0.1) is 6.04 Å². The summed E-state index contributed by atoms with van der Waals surface area (Å²) in [6.07, 6.45) is 0.607. The van der Waals surface area contributed by atoms with Crippen LogP contribution in [0.5, 0.6) is 0 Å². The number of nitrogens with one attached hydrogen (secondary N) is 1. The lowest BCUT2D eigenvalue weighted by molar-refractivity contribution is -0.121. The van der Waals surface area contributed by atoms with E-state index in [0.717, 1.165) is 5.56 Å². The quantitative estimate of drug-likeness (QED) is 0.840. The van der Waals surface area contributed by atoms with Gasteiger partial charge in [-0.05, 0) is 31.0 Å². The number of amides is 1. The van der Waals surface area contributed by atoms with E-state index in [4.69, 9.17) is 5.73 Å². The van der Waals surface area contributed by atoms with Gasteiger partial charge in [0.25, 0.3) is 0 Å². The van der Waals surface area contributed by atoms with Crippen LogP contribution in [0.2, 0.25) is 0 Å². The highest BCUT2D eigenvalue weighted by Gasteiger charge is 2.05. The van der Waals surface area contributed by atoms with Crippen LogP contribution in [0.3, 0.4) is 0 Å². The van der Waals surface area contributed by atoms with Gasteiger partial charge in [-0.1, -0.05) is 12.1 Å². The summed E-state index contributed by atoms with van der Waals surface area (Å²) in [6, 6.07) is 5.82. The van der Waals surface area contributed by atoms with E-state index in [1.807, 2.05) is 6.07 Å². The number of nitrogens with two attached hydrogens (primary N) is 1. The lowest BCUT2D eigenvalue weighted by Gasteiger charge is -2.07. The summed E-state index contributed by atoms with van der Waals surface area (Å²) >= 11 is 0. The third-order valence-corrected chi connectivity index (χ3v) is 2.02. The molecule has 0 aliphatic rings. The second-order valence-corrected chi connectivity index (χ2v) is 3.46. The van der Waals surface area contributed by atoms with Crippen molar-refractivity contribution in [3.05, 3.63) is 35.6 Å². The fourth-order valence-corrected chi connectivity index (χ4v) is 1.18. The molecule has 0 saturated heterocycles. The van der Waals surface area contributed by atoms with E-state index >= 15 is 0 Å². The number of hydrogen-bond acceptors (Lipinski definition) is 2. The molecule has 0 heterocycles. The van der Waals surface area contributed by atoms with Crippen molar-refractivity contribution in [2.75, 3.05) is 6.54 Å². The fourth-order valence-electron chi connectivity index (χ4n) is 1.18. The highest BCUT2D eigenvalue weighted by molar-refractivity contribution is 5.85. The van der Waals surface area contributed by atoms with Gasteiger partial charge in [0, 0.05) is 6.54 Å². The number of benzene rings is 1. The molecule has 0 unspecified atom stereocenters. The highest BCUT2D eigenvalue weighted by Crippen LogP contribution is 2.03. The van der Waals surface area contributed by atoms with Gasteiger partial charge in [-0.15, -0.1) is 12.4 Å². The maximum Gasteiger partial charge on any atom is 0.236 e. The van der Waals surface area contributed by atoms with Crippen LogP contribution >= 0.6 is 12.4 Å². The van der Waals surface area contributed by atoms with E-state index in [1.165, 1.54) is 12.1 Å². The molecule has 0 aliphatic heterocycles. The Labute approximate surface area is 101 Å². The number of halogens is 2. The first kappa shape index (κ1) is 14.9. The van der Waals surface area contributed by atoms with Gasteiger partial charge in [-0.2, -0.15) is 0 Å². The van der Waals surface area contributed by atoms with Gasteiger partial charge < -0.3 is 11.1 Å². The van der Waals surface area contributed by atoms with E-state index in [-0.39, 0.29) is 24.1 Å². The molecule has 0 bridgehead atoms. The molecule has 1 aromatic rings. The molecule has 90 valence electrons. The maximum absolute atomic E-state index is 12.8. The average Bonchev–Trinajstić information content (AvgIpc) is 2.17. The Morgan fingerprint density at radius 1 is 1.56 bits per heavy atom. The van der Waals surface area contributed by atoms with Crippen LogP contribution in [0.4, 0.5) is 4.39 Å². The van der Waals surface area contributed by atoms with Crippen LogP contribution in [0.25, 0.3) is 0 Å². The Morgan fingerprint density at radius 3 is 2.81 bits per heavy atom. The van der Waals surface area contributed by atoms with E-state index < -0.39 is 6.04 Å². The summed E-state index contributed by atoms with van der Waals surface area (Å²) in [5.74, 6) is -0.447. The zero-order valence-corrected chi connectivity index (χ0v) is 9.89. The molecule has 0 fully saturated rings. The predicted molar refractivity (Wildman–Crippen MR) is 64.0 cm³/mol. The van der Waals surface area contributed by atoms with E-state index in [9.17, 15) is 9.18 Å². The molecule has 0 aliphatic carbocycles. The van der Waals surface area contributed by atoms with Crippen LogP contribution in [-0.2, 0) is 11.2 Å². The first-order chi connectivity index (χ1) is 7.09. The molecule has 1 rings (SSSR count). The molecule has 0 spiro atoms. The van der Waals surface area contributed by atoms with Crippen LogP contribution in [0.15, 0.2) is 24.3 Å². The number of rotatable bonds is 4. The van der Waals surface area contributed by atoms with Crippen LogP contribution in [0, 0.1) is 5.82 Å². The molecular formula is C11H16ClFN2O. The Bertz CT molecular complexity index is 345. The third kappa shape index (κ3) is 5.09. The molecule has 3 N–H and O–H groups in total. The lowest BCUT2D eigenvalue weighted by atomic mass is 10.1. The topological polar surface area (TPSA) is 55.1 Å². The summed E-state index contributed by atoms with van der Waals surface area (Å²) in [4.78, 5) is 11.1. The lowest BCUT2D eigenvalue weighted by Crippen LogP contribution is -2.39. The molecule has 1 atom stereocenters. The minimum absolute atomic E-state index is 0. The Morgan fingerprint density at radius 2 is 2.25 bits per heavy atom. The van der Waals surface area contributed by atoms with Crippen molar-refractivity contribution in [2.45, 2.75) is 19.4 Å². The standard InChI is InChI=1S/C11H15FN2O.ClH/c1-8(13)11(15)14-6-5-9-3-2-4-10(12)7-9;/h2-4,7-8H,5-6,13H2,1H3,(H,14,15);1H/t8-;/m0./s1. The second-order valence-electron chi connectivity index (χ2n) is 3.46. The minimum Gasteiger partial charge on any atom is -0.354 e. The van der Waals surface area contributed by atoms with Gasteiger partial charge in [-0.3, -0.25) is 4.79 Å². The van der Waals surface area contributed by atoms with Crippen LogP contribution < -0.4 is 11.1 Å².